The molecule has 4 nitrogen and oxygen atoms in total. The van der Waals surface area contributed by atoms with Crippen molar-refractivity contribution in [3.05, 3.63) is 0 Å². The average molecular weight is 255 g/mol. The molecular weight excluding hydrogens is 226 g/mol. The molecule has 1 heterocycles. The molecule has 0 radical (unpaired) electrons. The van der Waals surface area contributed by atoms with E-state index in [0.29, 0.717) is 12.5 Å². The zero-order valence-corrected chi connectivity index (χ0v) is 12.2. The Labute approximate surface area is 111 Å². The standard InChI is InChI=1S/C14H29N3O/c1-4-14(5-2,11-18)10-16-13(15)17-8-6-12(3)7-9-17/h12,18H,4-11H2,1-3H3,(H2,15,16). The second kappa shape index (κ2) is 6.98. The lowest BCUT2D eigenvalue weighted by Crippen LogP contribution is -2.43. The lowest BCUT2D eigenvalue weighted by atomic mass is 9.83. The van der Waals surface area contributed by atoms with Crippen molar-refractivity contribution in [1.82, 2.24) is 4.90 Å². The molecule has 1 aliphatic heterocycles. The summed E-state index contributed by atoms with van der Waals surface area (Å²) in [5.74, 6) is 1.46. The van der Waals surface area contributed by atoms with Gasteiger partial charge in [0.25, 0.3) is 0 Å². The Morgan fingerprint density at radius 1 is 1.33 bits per heavy atom. The number of nitrogens with two attached hydrogens (primary N) is 1. The number of hydrogen-bond donors (Lipinski definition) is 2. The van der Waals surface area contributed by atoms with Gasteiger partial charge in [0.05, 0.1) is 13.2 Å². The van der Waals surface area contributed by atoms with Crippen molar-refractivity contribution in [3.8, 4) is 0 Å². The van der Waals surface area contributed by atoms with Crippen molar-refractivity contribution in [2.45, 2.75) is 46.5 Å². The quantitative estimate of drug-likeness (QED) is 0.582. The predicted octanol–water partition coefficient (Wildman–Crippen LogP) is 1.83. The fourth-order valence-corrected chi connectivity index (χ4v) is 2.33. The number of hydrogen-bond acceptors (Lipinski definition) is 2. The van der Waals surface area contributed by atoms with Crippen LogP contribution in [0.5, 0.6) is 0 Å². The Balaban J connectivity index is 2.55. The number of likely N-dealkylation sites (tertiary alicyclic amines) is 1. The van der Waals surface area contributed by atoms with E-state index in [-0.39, 0.29) is 12.0 Å². The fourth-order valence-electron chi connectivity index (χ4n) is 2.33. The minimum Gasteiger partial charge on any atom is -0.396 e. The molecule has 1 rings (SSSR count). The lowest BCUT2D eigenvalue weighted by Gasteiger charge is -2.32. The summed E-state index contributed by atoms with van der Waals surface area (Å²) >= 11 is 0. The van der Waals surface area contributed by atoms with Crippen molar-refractivity contribution >= 4 is 5.96 Å². The highest BCUT2D eigenvalue weighted by Crippen LogP contribution is 2.26. The van der Waals surface area contributed by atoms with Gasteiger partial charge in [-0.15, -0.1) is 0 Å². The van der Waals surface area contributed by atoms with Crippen molar-refractivity contribution < 1.29 is 5.11 Å². The zero-order chi connectivity index (χ0) is 13.6. The molecule has 0 spiro atoms. The molecule has 106 valence electrons. The molecule has 0 saturated carbocycles. The largest absolute Gasteiger partial charge is 0.396 e. The van der Waals surface area contributed by atoms with Crippen LogP contribution in [0.1, 0.15) is 46.5 Å². The third-order valence-corrected chi connectivity index (χ3v) is 4.52. The number of aliphatic imine (C=N–C) groups is 1. The van der Waals surface area contributed by atoms with E-state index in [0.717, 1.165) is 31.8 Å². The molecule has 0 aromatic carbocycles. The van der Waals surface area contributed by atoms with E-state index < -0.39 is 0 Å². The molecule has 0 amide bonds. The topological polar surface area (TPSA) is 61.9 Å². The molecule has 1 saturated heterocycles. The second-order valence-electron chi connectivity index (χ2n) is 5.71. The summed E-state index contributed by atoms with van der Waals surface area (Å²) in [4.78, 5) is 6.69. The van der Waals surface area contributed by atoms with Crippen molar-refractivity contribution in [2.75, 3.05) is 26.2 Å². The highest BCUT2D eigenvalue weighted by molar-refractivity contribution is 5.78. The third-order valence-electron chi connectivity index (χ3n) is 4.52. The van der Waals surface area contributed by atoms with Crippen molar-refractivity contribution in [2.24, 2.45) is 22.1 Å². The van der Waals surface area contributed by atoms with Crippen LogP contribution in [0, 0.1) is 11.3 Å². The molecule has 0 aliphatic carbocycles. The Hall–Kier alpha value is -0.770. The van der Waals surface area contributed by atoms with Crippen LogP contribution >= 0.6 is 0 Å². The molecule has 3 N–H and O–H groups in total. The van der Waals surface area contributed by atoms with E-state index in [1.807, 2.05) is 0 Å². The first-order valence-corrected chi connectivity index (χ1v) is 7.22. The van der Waals surface area contributed by atoms with Crippen LogP contribution in [-0.2, 0) is 0 Å². The highest BCUT2D eigenvalue weighted by Gasteiger charge is 2.25. The maximum Gasteiger partial charge on any atom is 0.191 e. The van der Waals surface area contributed by atoms with Crippen LogP contribution in [0.2, 0.25) is 0 Å². The first-order valence-electron chi connectivity index (χ1n) is 7.22. The maximum atomic E-state index is 9.51. The van der Waals surface area contributed by atoms with Crippen LogP contribution in [0.4, 0.5) is 0 Å². The van der Waals surface area contributed by atoms with Gasteiger partial charge in [-0.2, -0.15) is 0 Å². The van der Waals surface area contributed by atoms with Gasteiger partial charge in [0, 0.05) is 18.5 Å². The number of rotatable bonds is 5. The monoisotopic (exact) mass is 255 g/mol. The van der Waals surface area contributed by atoms with Gasteiger partial charge in [-0.05, 0) is 31.6 Å². The van der Waals surface area contributed by atoms with Gasteiger partial charge in [0.1, 0.15) is 0 Å². The number of nitrogens with zero attached hydrogens (tertiary/aromatic N) is 2. The molecule has 0 aromatic rings. The van der Waals surface area contributed by atoms with Gasteiger partial charge in [-0.1, -0.05) is 20.8 Å². The highest BCUT2D eigenvalue weighted by atomic mass is 16.3. The first kappa shape index (κ1) is 15.3. The third kappa shape index (κ3) is 3.87. The van der Waals surface area contributed by atoms with Crippen LogP contribution in [-0.4, -0.2) is 42.2 Å². The average Bonchev–Trinajstić information content (AvgIpc) is 2.41. The Morgan fingerprint density at radius 3 is 2.33 bits per heavy atom. The summed E-state index contributed by atoms with van der Waals surface area (Å²) in [5, 5.41) is 9.51. The Kier molecular flexibility index (Phi) is 5.93. The van der Waals surface area contributed by atoms with E-state index in [4.69, 9.17) is 5.73 Å². The summed E-state index contributed by atoms with van der Waals surface area (Å²) in [5.41, 5.74) is 5.97. The molecule has 4 heteroatoms. The summed E-state index contributed by atoms with van der Waals surface area (Å²) in [6.45, 7) is 9.35. The van der Waals surface area contributed by atoms with Gasteiger partial charge < -0.3 is 15.7 Å². The Morgan fingerprint density at radius 2 is 1.89 bits per heavy atom. The first-order chi connectivity index (χ1) is 8.56. The van der Waals surface area contributed by atoms with E-state index in [1.165, 1.54) is 12.8 Å². The molecule has 1 aliphatic rings. The normalized spacial score (nSPS) is 19.3. The molecule has 0 unspecified atom stereocenters. The molecule has 1 fully saturated rings. The summed E-state index contributed by atoms with van der Waals surface area (Å²) in [6, 6.07) is 0. The molecular formula is C14H29N3O. The molecule has 0 aromatic heterocycles. The smallest absolute Gasteiger partial charge is 0.191 e. The van der Waals surface area contributed by atoms with Gasteiger partial charge in [0.15, 0.2) is 5.96 Å². The predicted molar refractivity (Wildman–Crippen MR) is 76.6 cm³/mol. The number of guanidine groups is 1. The fraction of sp³-hybridized carbons (Fsp3) is 0.929. The number of aliphatic hydroxyl groups excluding tert-OH is 1. The van der Waals surface area contributed by atoms with Gasteiger partial charge in [0.2, 0.25) is 0 Å². The minimum atomic E-state index is -0.0896. The van der Waals surface area contributed by atoms with Crippen LogP contribution < -0.4 is 5.73 Å². The van der Waals surface area contributed by atoms with Gasteiger partial charge in [-0.25, -0.2) is 0 Å². The lowest BCUT2D eigenvalue weighted by molar-refractivity contribution is 0.123. The summed E-state index contributed by atoms with van der Waals surface area (Å²) < 4.78 is 0. The van der Waals surface area contributed by atoms with E-state index >= 15 is 0 Å². The van der Waals surface area contributed by atoms with E-state index in [1.54, 1.807) is 0 Å². The summed E-state index contributed by atoms with van der Waals surface area (Å²) in [6.07, 6.45) is 4.27. The Bertz CT molecular complexity index is 258. The van der Waals surface area contributed by atoms with Crippen LogP contribution in [0.25, 0.3) is 0 Å². The van der Waals surface area contributed by atoms with Gasteiger partial charge >= 0.3 is 0 Å². The van der Waals surface area contributed by atoms with Crippen LogP contribution in [0.15, 0.2) is 4.99 Å². The van der Waals surface area contributed by atoms with Gasteiger partial charge in [-0.3, -0.25) is 4.99 Å². The zero-order valence-electron chi connectivity index (χ0n) is 12.2. The van der Waals surface area contributed by atoms with Crippen molar-refractivity contribution in [3.63, 3.8) is 0 Å². The molecule has 0 atom stereocenters. The minimum absolute atomic E-state index is 0.0896. The molecule has 18 heavy (non-hydrogen) atoms. The van der Waals surface area contributed by atoms with E-state index in [2.05, 4.69) is 30.7 Å². The number of aliphatic hydroxyl groups is 1. The maximum absolute atomic E-state index is 9.51. The summed E-state index contributed by atoms with van der Waals surface area (Å²) in [7, 11) is 0. The second-order valence-corrected chi connectivity index (χ2v) is 5.71. The van der Waals surface area contributed by atoms with E-state index in [9.17, 15) is 5.11 Å². The number of piperidine rings is 1. The SMILES string of the molecule is CCC(CC)(CO)CN=C(N)N1CCC(C)CC1. The van der Waals surface area contributed by atoms with Crippen LogP contribution in [0.3, 0.4) is 0 Å². The molecule has 0 bridgehead atoms. The van der Waals surface area contributed by atoms with Crippen molar-refractivity contribution in [1.29, 1.82) is 0 Å².